The van der Waals surface area contributed by atoms with Crippen LogP contribution in [0.15, 0.2) is 36.5 Å². The fraction of sp³-hybridized carbons (Fsp3) is 0.214. The molecule has 100 valence electrons. The fourth-order valence-electron chi connectivity index (χ4n) is 1.84. The van der Waals surface area contributed by atoms with Gasteiger partial charge in [0, 0.05) is 25.4 Å². The van der Waals surface area contributed by atoms with Crippen molar-refractivity contribution in [2.24, 2.45) is 0 Å². The molecule has 0 unspecified atom stereocenters. The molecule has 0 aliphatic heterocycles. The second-order valence-electron chi connectivity index (χ2n) is 4.13. The Hall–Kier alpha value is -1.45. The molecule has 0 aliphatic rings. The molecule has 0 saturated heterocycles. The van der Waals surface area contributed by atoms with Gasteiger partial charge in [-0.15, -0.1) is 0 Å². The third kappa shape index (κ3) is 3.31. The summed E-state index contributed by atoms with van der Waals surface area (Å²) in [6.07, 6.45) is 1.69. The highest BCUT2D eigenvalue weighted by Crippen LogP contribution is 2.29. The first kappa shape index (κ1) is 14.0. The maximum Gasteiger partial charge on any atom is 0.142 e. The van der Waals surface area contributed by atoms with Crippen molar-refractivity contribution >= 4 is 28.9 Å². The number of halogens is 2. The molecule has 19 heavy (non-hydrogen) atoms. The van der Waals surface area contributed by atoms with Crippen LogP contribution in [-0.4, -0.2) is 19.1 Å². The highest BCUT2D eigenvalue weighted by molar-refractivity contribution is 6.34. The molecule has 0 saturated carbocycles. The number of rotatable bonds is 4. The van der Waals surface area contributed by atoms with Crippen LogP contribution in [0.2, 0.25) is 10.2 Å². The van der Waals surface area contributed by atoms with Gasteiger partial charge in [0.1, 0.15) is 10.9 Å². The summed E-state index contributed by atoms with van der Waals surface area (Å²) in [7, 11) is 3.63. The third-order valence-corrected chi connectivity index (χ3v) is 3.36. The summed E-state index contributed by atoms with van der Waals surface area (Å²) in [5.41, 5.74) is 1.91. The lowest BCUT2D eigenvalue weighted by Gasteiger charge is -2.22. The van der Waals surface area contributed by atoms with Gasteiger partial charge in [-0.3, -0.25) is 0 Å². The molecule has 0 atom stereocenters. The second kappa shape index (κ2) is 6.13. The van der Waals surface area contributed by atoms with Crippen LogP contribution in [0.5, 0.6) is 5.75 Å². The molecule has 3 nitrogen and oxygen atoms in total. The Morgan fingerprint density at radius 1 is 1.26 bits per heavy atom. The van der Waals surface area contributed by atoms with Crippen LogP contribution in [-0.2, 0) is 6.54 Å². The van der Waals surface area contributed by atoms with Gasteiger partial charge in [-0.1, -0.05) is 35.3 Å². The van der Waals surface area contributed by atoms with Crippen molar-refractivity contribution in [1.82, 2.24) is 4.98 Å². The monoisotopic (exact) mass is 296 g/mol. The molecule has 1 aromatic carbocycles. The van der Waals surface area contributed by atoms with E-state index in [1.54, 1.807) is 19.4 Å². The smallest absolute Gasteiger partial charge is 0.142 e. The van der Waals surface area contributed by atoms with Crippen molar-refractivity contribution in [2.45, 2.75) is 6.54 Å². The summed E-state index contributed by atoms with van der Waals surface area (Å²) in [5.74, 6) is 0.822. The maximum absolute atomic E-state index is 6.15. The predicted octanol–water partition coefficient (Wildman–Crippen LogP) is 4.03. The van der Waals surface area contributed by atoms with E-state index in [0.717, 1.165) is 17.0 Å². The third-order valence-electron chi connectivity index (χ3n) is 2.80. The van der Waals surface area contributed by atoms with Crippen LogP contribution < -0.4 is 9.64 Å². The minimum absolute atomic E-state index is 0.397. The Balaban J connectivity index is 2.23. The lowest BCUT2D eigenvalue weighted by molar-refractivity contribution is 0.415. The van der Waals surface area contributed by atoms with Gasteiger partial charge < -0.3 is 9.64 Å². The molecule has 0 N–H and O–H groups in total. The largest absolute Gasteiger partial charge is 0.495 e. The summed E-state index contributed by atoms with van der Waals surface area (Å²) in [6.45, 7) is 0.628. The minimum atomic E-state index is 0.397. The SMILES string of the molecule is COc1ccccc1N(C)Cc1cnc(Cl)cc1Cl. The van der Waals surface area contributed by atoms with Gasteiger partial charge in [-0.05, 0) is 18.2 Å². The number of nitrogens with zero attached hydrogens (tertiary/aromatic N) is 2. The van der Waals surface area contributed by atoms with Crippen molar-refractivity contribution < 1.29 is 4.74 Å². The molecular formula is C14H14Cl2N2O. The summed E-state index contributed by atoms with van der Waals surface area (Å²) in [5, 5.41) is 1.01. The van der Waals surface area contributed by atoms with Gasteiger partial charge in [0.25, 0.3) is 0 Å². The minimum Gasteiger partial charge on any atom is -0.495 e. The Morgan fingerprint density at radius 3 is 2.68 bits per heavy atom. The van der Waals surface area contributed by atoms with Gasteiger partial charge in [0.05, 0.1) is 17.8 Å². The lowest BCUT2D eigenvalue weighted by atomic mass is 10.2. The number of para-hydroxylation sites is 2. The Bertz CT molecular complexity index is 575. The number of ether oxygens (including phenoxy) is 1. The number of benzene rings is 1. The number of hydrogen-bond donors (Lipinski definition) is 0. The lowest BCUT2D eigenvalue weighted by Crippen LogP contribution is -2.17. The molecule has 0 amide bonds. The van der Waals surface area contributed by atoms with E-state index in [0.29, 0.717) is 16.7 Å². The summed E-state index contributed by atoms with van der Waals surface area (Å²) >= 11 is 11.9. The normalized spacial score (nSPS) is 10.3. The van der Waals surface area contributed by atoms with E-state index in [1.165, 1.54) is 0 Å². The average molecular weight is 297 g/mol. The van der Waals surface area contributed by atoms with E-state index in [4.69, 9.17) is 27.9 Å². The van der Waals surface area contributed by atoms with Crippen LogP contribution >= 0.6 is 23.2 Å². The quantitative estimate of drug-likeness (QED) is 0.797. The van der Waals surface area contributed by atoms with Gasteiger partial charge in [0.2, 0.25) is 0 Å². The van der Waals surface area contributed by atoms with Crippen molar-refractivity contribution in [3.8, 4) is 5.75 Å². The molecular weight excluding hydrogens is 283 g/mol. The van der Waals surface area contributed by atoms with Crippen LogP contribution in [0.3, 0.4) is 0 Å². The fourth-order valence-corrected chi connectivity index (χ4v) is 2.26. The summed E-state index contributed by atoms with van der Waals surface area (Å²) in [6, 6.07) is 9.47. The molecule has 0 spiro atoms. The molecule has 0 fully saturated rings. The summed E-state index contributed by atoms with van der Waals surface area (Å²) < 4.78 is 5.34. The second-order valence-corrected chi connectivity index (χ2v) is 4.92. The first-order valence-electron chi connectivity index (χ1n) is 5.76. The molecule has 0 radical (unpaired) electrons. The molecule has 5 heteroatoms. The van der Waals surface area contributed by atoms with Crippen LogP contribution in [0.1, 0.15) is 5.56 Å². The van der Waals surface area contributed by atoms with Crippen molar-refractivity contribution in [3.63, 3.8) is 0 Å². The molecule has 1 heterocycles. The first-order valence-corrected chi connectivity index (χ1v) is 6.51. The van der Waals surface area contributed by atoms with E-state index in [1.807, 2.05) is 31.3 Å². The highest BCUT2D eigenvalue weighted by Gasteiger charge is 2.10. The molecule has 2 aromatic rings. The van der Waals surface area contributed by atoms with Crippen molar-refractivity contribution in [1.29, 1.82) is 0 Å². The average Bonchev–Trinajstić information content (AvgIpc) is 2.41. The highest BCUT2D eigenvalue weighted by atomic mass is 35.5. The molecule has 1 aromatic heterocycles. The zero-order valence-electron chi connectivity index (χ0n) is 10.7. The number of hydrogen-bond acceptors (Lipinski definition) is 3. The number of anilines is 1. The number of methoxy groups -OCH3 is 1. The molecule has 2 rings (SSSR count). The molecule has 0 aliphatic carbocycles. The van der Waals surface area contributed by atoms with Crippen LogP contribution in [0.25, 0.3) is 0 Å². The van der Waals surface area contributed by atoms with Crippen molar-refractivity contribution in [3.05, 3.63) is 52.3 Å². The van der Waals surface area contributed by atoms with Gasteiger partial charge in [0.15, 0.2) is 0 Å². The Kier molecular flexibility index (Phi) is 4.51. The topological polar surface area (TPSA) is 25.4 Å². The standard InChI is InChI=1S/C14H14Cl2N2O/c1-18(12-5-3-4-6-13(12)19-2)9-10-8-17-14(16)7-11(10)15/h3-8H,9H2,1-2H3. The predicted molar refractivity (Wildman–Crippen MR) is 79.4 cm³/mol. The maximum atomic E-state index is 6.15. The van der Waals surface area contributed by atoms with Gasteiger partial charge >= 0.3 is 0 Å². The van der Waals surface area contributed by atoms with Crippen LogP contribution in [0.4, 0.5) is 5.69 Å². The van der Waals surface area contributed by atoms with Crippen molar-refractivity contribution in [2.75, 3.05) is 19.1 Å². The van der Waals surface area contributed by atoms with Gasteiger partial charge in [-0.2, -0.15) is 0 Å². The number of pyridine rings is 1. The summed E-state index contributed by atoms with van der Waals surface area (Å²) in [4.78, 5) is 6.10. The Labute approximate surface area is 122 Å². The Morgan fingerprint density at radius 2 is 2.00 bits per heavy atom. The van der Waals surface area contributed by atoms with E-state index < -0.39 is 0 Å². The zero-order chi connectivity index (χ0) is 13.8. The van der Waals surface area contributed by atoms with Gasteiger partial charge in [-0.25, -0.2) is 4.98 Å². The van der Waals surface area contributed by atoms with Crippen LogP contribution in [0, 0.1) is 0 Å². The first-order chi connectivity index (χ1) is 9.11. The molecule has 0 bridgehead atoms. The van der Waals surface area contributed by atoms with E-state index in [-0.39, 0.29) is 0 Å². The number of aromatic nitrogens is 1. The zero-order valence-corrected chi connectivity index (χ0v) is 12.2. The van der Waals surface area contributed by atoms with E-state index in [9.17, 15) is 0 Å². The van der Waals surface area contributed by atoms with E-state index in [2.05, 4.69) is 9.88 Å². The van der Waals surface area contributed by atoms with E-state index >= 15 is 0 Å².